The van der Waals surface area contributed by atoms with Crippen molar-refractivity contribution in [2.24, 2.45) is 0 Å². The fourth-order valence-corrected chi connectivity index (χ4v) is 1.81. The van der Waals surface area contributed by atoms with Gasteiger partial charge in [0.2, 0.25) is 5.88 Å². The number of rotatable bonds is 5. The van der Waals surface area contributed by atoms with Crippen molar-refractivity contribution in [1.29, 1.82) is 0 Å². The van der Waals surface area contributed by atoms with Crippen molar-refractivity contribution in [1.82, 2.24) is 10.3 Å². The molecular weight excluding hydrogens is 312 g/mol. The van der Waals surface area contributed by atoms with Crippen LogP contribution in [0.5, 0.6) is 5.88 Å². The number of aliphatic hydroxyl groups excluding tert-OH is 2. The Labute approximate surface area is 134 Å². The number of pyridine rings is 1. The highest BCUT2D eigenvalue weighted by atomic mass is 35.5. The van der Waals surface area contributed by atoms with Crippen LogP contribution in [0.3, 0.4) is 0 Å². The fourth-order valence-electron chi connectivity index (χ4n) is 1.65. The first kappa shape index (κ1) is 18.5. The van der Waals surface area contributed by atoms with Crippen LogP contribution in [0.15, 0.2) is 12.3 Å². The Hall–Kier alpha value is -1.57. The van der Waals surface area contributed by atoms with Crippen LogP contribution >= 0.6 is 11.6 Å². The molecule has 22 heavy (non-hydrogen) atoms. The zero-order chi connectivity index (χ0) is 16.9. The number of carbonyl (C=O) groups excluding carboxylic acids is 1. The predicted octanol–water partition coefficient (Wildman–Crippen LogP) is 1.66. The number of carbonyl (C=O) groups is 1. The van der Waals surface area contributed by atoms with Gasteiger partial charge in [-0.25, -0.2) is 9.78 Å². The second-order valence-corrected chi connectivity index (χ2v) is 6.08. The lowest BCUT2D eigenvalue weighted by molar-refractivity contribution is 0.0116. The minimum atomic E-state index is -1.32. The summed E-state index contributed by atoms with van der Waals surface area (Å²) in [5.74, 6) is 0.146. The van der Waals surface area contributed by atoms with Gasteiger partial charge in [-0.1, -0.05) is 11.6 Å². The van der Waals surface area contributed by atoms with Gasteiger partial charge in [-0.05, 0) is 26.8 Å². The molecule has 7 nitrogen and oxygen atoms in total. The summed E-state index contributed by atoms with van der Waals surface area (Å²) in [4.78, 5) is 15.4. The first-order chi connectivity index (χ1) is 10.1. The van der Waals surface area contributed by atoms with Gasteiger partial charge in [-0.3, -0.25) is 0 Å². The van der Waals surface area contributed by atoms with Gasteiger partial charge in [0.1, 0.15) is 17.8 Å². The Kier molecular flexibility index (Phi) is 6.40. The molecule has 0 spiro atoms. The highest BCUT2D eigenvalue weighted by molar-refractivity contribution is 6.30. The van der Waals surface area contributed by atoms with Crippen LogP contribution in [0.25, 0.3) is 0 Å². The monoisotopic (exact) mass is 332 g/mol. The van der Waals surface area contributed by atoms with E-state index in [-0.39, 0.29) is 18.0 Å². The molecule has 0 fully saturated rings. The number of nitrogens with one attached hydrogen (secondary N) is 1. The molecule has 0 saturated carbocycles. The van der Waals surface area contributed by atoms with Crippen LogP contribution in [0, 0.1) is 0 Å². The molecule has 3 N–H and O–H groups in total. The summed E-state index contributed by atoms with van der Waals surface area (Å²) in [6.45, 7) is 4.97. The van der Waals surface area contributed by atoms with Crippen molar-refractivity contribution in [2.75, 3.05) is 13.7 Å². The third-order valence-electron chi connectivity index (χ3n) is 2.58. The molecule has 0 saturated heterocycles. The van der Waals surface area contributed by atoms with Crippen LogP contribution in [0.2, 0.25) is 5.02 Å². The third-order valence-corrected chi connectivity index (χ3v) is 2.78. The molecule has 124 valence electrons. The van der Waals surface area contributed by atoms with E-state index in [2.05, 4.69) is 10.3 Å². The Morgan fingerprint density at radius 2 is 2.09 bits per heavy atom. The molecule has 8 heteroatoms. The highest BCUT2D eigenvalue weighted by Crippen LogP contribution is 2.27. The minimum Gasteiger partial charge on any atom is -0.481 e. The van der Waals surface area contributed by atoms with Gasteiger partial charge in [-0.15, -0.1) is 0 Å². The van der Waals surface area contributed by atoms with Gasteiger partial charge in [0.05, 0.1) is 12.1 Å². The number of methoxy groups -OCH3 is 1. The summed E-state index contributed by atoms with van der Waals surface area (Å²) in [6.07, 6.45) is -1.92. The maximum absolute atomic E-state index is 11.5. The molecule has 0 aliphatic heterocycles. The number of amides is 1. The van der Waals surface area contributed by atoms with Gasteiger partial charge in [-0.2, -0.15) is 0 Å². The van der Waals surface area contributed by atoms with E-state index in [1.807, 2.05) is 0 Å². The number of hydrogen-bond acceptors (Lipinski definition) is 6. The van der Waals surface area contributed by atoms with E-state index >= 15 is 0 Å². The summed E-state index contributed by atoms with van der Waals surface area (Å²) in [7, 11) is 1.39. The average molecular weight is 333 g/mol. The maximum atomic E-state index is 11.5. The fraction of sp³-hybridized carbons (Fsp3) is 0.571. The zero-order valence-electron chi connectivity index (χ0n) is 13.0. The topological polar surface area (TPSA) is 101 Å². The van der Waals surface area contributed by atoms with Crippen molar-refractivity contribution < 1.29 is 24.5 Å². The van der Waals surface area contributed by atoms with E-state index in [4.69, 9.17) is 21.1 Å². The van der Waals surface area contributed by atoms with Crippen LogP contribution in [-0.2, 0) is 4.74 Å². The maximum Gasteiger partial charge on any atom is 0.407 e. The lowest BCUT2D eigenvalue weighted by atomic mass is 10.1. The quantitative estimate of drug-likeness (QED) is 0.758. The van der Waals surface area contributed by atoms with E-state index in [1.165, 1.54) is 19.4 Å². The number of alkyl carbamates (subject to hydrolysis) is 1. The van der Waals surface area contributed by atoms with Crippen LogP contribution in [0.4, 0.5) is 4.79 Å². The summed E-state index contributed by atoms with van der Waals surface area (Å²) >= 11 is 5.82. The van der Waals surface area contributed by atoms with Gasteiger partial charge in [0.15, 0.2) is 0 Å². The summed E-state index contributed by atoms with van der Waals surface area (Å²) in [5, 5.41) is 22.8. The molecule has 0 radical (unpaired) electrons. The SMILES string of the molecule is COc1ncc(Cl)cc1C(O)C(O)CNC(=O)OC(C)(C)C. The Morgan fingerprint density at radius 1 is 1.45 bits per heavy atom. The van der Waals surface area contributed by atoms with Crippen molar-refractivity contribution in [3.8, 4) is 5.88 Å². The van der Waals surface area contributed by atoms with Crippen LogP contribution in [0.1, 0.15) is 32.4 Å². The molecule has 2 unspecified atom stereocenters. The second kappa shape index (κ2) is 7.62. The smallest absolute Gasteiger partial charge is 0.407 e. The molecular formula is C14H21ClN2O5. The van der Waals surface area contributed by atoms with Crippen molar-refractivity contribution in [2.45, 2.75) is 38.6 Å². The molecule has 1 rings (SSSR count). The third kappa shape index (κ3) is 5.67. The normalized spacial score (nSPS) is 14.1. The Balaban J connectivity index is 2.68. The molecule has 1 aromatic rings. The number of nitrogens with zero attached hydrogens (tertiary/aromatic N) is 1. The average Bonchev–Trinajstić information content (AvgIpc) is 2.42. The largest absolute Gasteiger partial charge is 0.481 e. The van der Waals surface area contributed by atoms with Gasteiger partial charge < -0.3 is 25.0 Å². The molecule has 1 heterocycles. The standard InChI is InChI=1S/C14H21ClN2O5/c1-14(2,3)22-13(20)17-7-10(18)11(19)9-5-8(15)6-16-12(9)21-4/h5-6,10-11,18-19H,7H2,1-4H3,(H,17,20). The number of aliphatic hydroxyl groups is 2. The number of hydrogen-bond donors (Lipinski definition) is 3. The van der Waals surface area contributed by atoms with Crippen molar-refractivity contribution in [3.63, 3.8) is 0 Å². The van der Waals surface area contributed by atoms with Crippen LogP contribution < -0.4 is 10.1 Å². The van der Waals surface area contributed by atoms with E-state index < -0.39 is 23.9 Å². The molecule has 0 bridgehead atoms. The lowest BCUT2D eigenvalue weighted by Crippen LogP contribution is -2.38. The molecule has 1 amide bonds. The number of halogens is 1. The Bertz CT molecular complexity index is 518. The molecule has 0 aliphatic carbocycles. The van der Waals surface area contributed by atoms with Gasteiger partial charge in [0.25, 0.3) is 0 Å². The van der Waals surface area contributed by atoms with Crippen LogP contribution in [-0.4, -0.2) is 46.6 Å². The molecule has 2 atom stereocenters. The van der Waals surface area contributed by atoms with Gasteiger partial charge in [0, 0.05) is 18.3 Å². The van der Waals surface area contributed by atoms with Crippen molar-refractivity contribution in [3.05, 3.63) is 22.8 Å². The number of ether oxygens (including phenoxy) is 2. The summed E-state index contributed by atoms with van der Waals surface area (Å²) < 4.78 is 10.0. The number of aromatic nitrogens is 1. The van der Waals surface area contributed by atoms with E-state index in [0.29, 0.717) is 5.02 Å². The van der Waals surface area contributed by atoms with Crippen molar-refractivity contribution >= 4 is 17.7 Å². The highest BCUT2D eigenvalue weighted by Gasteiger charge is 2.24. The Morgan fingerprint density at radius 3 is 2.64 bits per heavy atom. The predicted molar refractivity (Wildman–Crippen MR) is 81.0 cm³/mol. The summed E-state index contributed by atoms with van der Waals surface area (Å²) in [5.41, 5.74) is -0.415. The molecule has 1 aromatic heterocycles. The minimum absolute atomic E-state index is 0.146. The molecule has 0 aliphatic rings. The molecule has 0 aromatic carbocycles. The lowest BCUT2D eigenvalue weighted by Gasteiger charge is -2.22. The first-order valence-electron chi connectivity index (χ1n) is 6.66. The van der Waals surface area contributed by atoms with E-state index in [9.17, 15) is 15.0 Å². The second-order valence-electron chi connectivity index (χ2n) is 5.65. The van der Waals surface area contributed by atoms with E-state index in [1.54, 1.807) is 20.8 Å². The summed E-state index contributed by atoms with van der Waals surface area (Å²) in [6, 6.07) is 1.44. The van der Waals surface area contributed by atoms with E-state index in [0.717, 1.165) is 0 Å². The first-order valence-corrected chi connectivity index (χ1v) is 7.04. The van der Waals surface area contributed by atoms with Gasteiger partial charge >= 0.3 is 6.09 Å². The zero-order valence-corrected chi connectivity index (χ0v) is 13.7.